The third kappa shape index (κ3) is 5.00. The van der Waals surface area contributed by atoms with Gasteiger partial charge in [0.1, 0.15) is 0 Å². The van der Waals surface area contributed by atoms with Gasteiger partial charge in [0.2, 0.25) is 11.8 Å². The summed E-state index contributed by atoms with van der Waals surface area (Å²) in [5.74, 6) is -2.71. The van der Waals surface area contributed by atoms with Gasteiger partial charge in [-0.05, 0) is 74.4 Å². The Bertz CT molecular complexity index is 1300. The van der Waals surface area contributed by atoms with Crippen molar-refractivity contribution in [2.24, 2.45) is 22.9 Å². The van der Waals surface area contributed by atoms with Gasteiger partial charge >= 0.3 is 6.03 Å². The quantitative estimate of drug-likeness (QED) is 0.318. The van der Waals surface area contributed by atoms with Crippen molar-refractivity contribution >= 4 is 41.6 Å². The van der Waals surface area contributed by atoms with Crippen molar-refractivity contribution in [3.05, 3.63) is 65.2 Å². The van der Waals surface area contributed by atoms with Crippen LogP contribution >= 0.6 is 0 Å². The Morgan fingerprint density at radius 3 is 2.46 bits per heavy atom. The number of aryl methyl sites for hydroxylation is 1. The Kier molecular flexibility index (Phi) is 6.56. The van der Waals surface area contributed by atoms with Gasteiger partial charge in [-0.25, -0.2) is 10.2 Å². The first-order valence-corrected chi connectivity index (χ1v) is 12.3. The van der Waals surface area contributed by atoms with Crippen molar-refractivity contribution in [2.75, 3.05) is 5.32 Å². The van der Waals surface area contributed by atoms with E-state index < -0.39 is 29.7 Å². The lowest BCUT2D eigenvalue weighted by Gasteiger charge is -2.36. The number of hydrogen-bond donors (Lipinski definition) is 3. The molecule has 5 rings (SSSR count). The maximum absolute atomic E-state index is 13.0. The third-order valence-electron chi connectivity index (χ3n) is 7.34. The Morgan fingerprint density at radius 2 is 1.78 bits per heavy atom. The summed E-state index contributed by atoms with van der Waals surface area (Å²) in [7, 11) is 0. The molecule has 3 fully saturated rings. The van der Waals surface area contributed by atoms with Gasteiger partial charge in [-0.2, -0.15) is 5.10 Å². The first-order chi connectivity index (χ1) is 17.8. The van der Waals surface area contributed by atoms with Crippen LogP contribution in [0.2, 0.25) is 0 Å². The van der Waals surface area contributed by atoms with Crippen LogP contribution in [0.3, 0.4) is 0 Å². The summed E-state index contributed by atoms with van der Waals surface area (Å²) in [4.78, 5) is 63.8. The fourth-order valence-electron chi connectivity index (χ4n) is 5.51. The highest BCUT2D eigenvalue weighted by Gasteiger charge is 2.50. The number of carbonyl (C=O) groups excluding carboxylic acids is 5. The molecular weight excluding hydrogens is 474 g/mol. The van der Waals surface area contributed by atoms with Gasteiger partial charge in [0.15, 0.2) is 5.92 Å². The molecule has 10 nitrogen and oxygen atoms in total. The minimum Gasteiger partial charge on any atom is -0.322 e. The molecule has 1 saturated heterocycles. The van der Waals surface area contributed by atoms with Gasteiger partial charge in [0, 0.05) is 29.1 Å². The predicted molar refractivity (Wildman–Crippen MR) is 135 cm³/mol. The lowest BCUT2D eigenvalue weighted by molar-refractivity contribution is -0.141. The summed E-state index contributed by atoms with van der Waals surface area (Å²) >= 11 is 0. The molecule has 0 spiro atoms. The van der Waals surface area contributed by atoms with Crippen LogP contribution in [0.5, 0.6) is 0 Å². The second-order valence-electron chi connectivity index (χ2n) is 9.84. The molecule has 3 N–H and O–H groups in total. The van der Waals surface area contributed by atoms with Crippen LogP contribution in [0.25, 0.3) is 0 Å². The molecule has 2 bridgehead atoms. The summed E-state index contributed by atoms with van der Waals surface area (Å²) in [6.07, 6.45) is 4.90. The summed E-state index contributed by atoms with van der Waals surface area (Å²) in [5, 5.41) is 8.83. The number of hydrazone groups is 1. The second-order valence-corrected chi connectivity index (χ2v) is 9.84. The lowest BCUT2D eigenvalue weighted by Crippen LogP contribution is -2.62. The van der Waals surface area contributed by atoms with Crippen molar-refractivity contribution in [1.82, 2.24) is 15.6 Å². The SMILES string of the molecule is Cc1cccc(C(=O)Nc2ccc(C(=O)N/N=C\[C@H]3C(=O)NC(=O)N([C@@H]4C[C@H]5CC[C@H]4C5)C3=O)cc2)c1. The van der Waals surface area contributed by atoms with Crippen LogP contribution in [-0.2, 0) is 9.59 Å². The number of nitrogens with one attached hydrogen (secondary N) is 3. The molecule has 37 heavy (non-hydrogen) atoms. The Morgan fingerprint density at radius 1 is 1.00 bits per heavy atom. The molecule has 2 aromatic rings. The van der Waals surface area contributed by atoms with Crippen LogP contribution in [0, 0.1) is 24.7 Å². The number of urea groups is 1. The van der Waals surface area contributed by atoms with Gasteiger partial charge in [0.05, 0.1) is 0 Å². The Labute approximate surface area is 213 Å². The summed E-state index contributed by atoms with van der Waals surface area (Å²) < 4.78 is 0. The zero-order valence-corrected chi connectivity index (χ0v) is 20.3. The van der Waals surface area contributed by atoms with Gasteiger partial charge in [-0.15, -0.1) is 0 Å². The van der Waals surface area contributed by atoms with E-state index in [2.05, 4.69) is 21.2 Å². The summed E-state index contributed by atoms with van der Waals surface area (Å²) in [6.45, 7) is 1.90. The molecule has 2 aromatic carbocycles. The van der Waals surface area contributed by atoms with E-state index >= 15 is 0 Å². The number of benzene rings is 2. The Balaban J connectivity index is 1.18. The van der Waals surface area contributed by atoms with Crippen LogP contribution in [0.15, 0.2) is 53.6 Å². The molecular formula is C27H27N5O5. The van der Waals surface area contributed by atoms with Crippen LogP contribution < -0.4 is 16.1 Å². The molecule has 10 heteroatoms. The number of carbonyl (C=O) groups is 5. The number of hydrogen-bond acceptors (Lipinski definition) is 6. The number of rotatable bonds is 6. The number of imide groups is 2. The van der Waals surface area contributed by atoms with E-state index in [9.17, 15) is 24.0 Å². The minimum atomic E-state index is -1.30. The van der Waals surface area contributed by atoms with E-state index in [0.717, 1.165) is 37.5 Å². The zero-order valence-electron chi connectivity index (χ0n) is 20.3. The topological polar surface area (TPSA) is 137 Å². The molecule has 0 aromatic heterocycles. The van der Waals surface area contributed by atoms with Gasteiger partial charge in [-0.1, -0.05) is 24.1 Å². The van der Waals surface area contributed by atoms with Gasteiger partial charge in [-0.3, -0.25) is 29.4 Å². The maximum atomic E-state index is 13.0. The highest BCUT2D eigenvalue weighted by Crippen LogP contribution is 2.47. The van der Waals surface area contributed by atoms with E-state index in [1.807, 2.05) is 13.0 Å². The van der Waals surface area contributed by atoms with Gasteiger partial charge in [0.25, 0.3) is 11.8 Å². The molecule has 2 aliphatic carbocycles. The highest BCUT2D eigenvalue weighted by atomic mass is 16.2. The van der Waals surface area contributed by atoms with E-state index in [1.54, 1.807) is 30.3 Å². The first kappa shape index (κ1) is 24.4. The standard InChI is InChI=1S/C27H27N5O5/c1-15-3-2-4-19(11-15)23(33)29-20-9-7-17(8-10-20)24(34)31-28-14-21-25(35)30-27(37)32(26(21)36)22-13-16-5-6-18(22)12-16/h2-4,7-11,14,16,18,21-22H,5-6,12-13H2,1H3,(H,29,33)(H,31,34)(H,30,35,37)/b28-14-/t16-,18-,21-,22+/m0/s1. The molecule has 1 heterocycles. The van der Waals surface area contributed by atoms with E-state index in [0.29, 0.717) is 17.2 Å². The maximum Gasteiger partial charge on any atom is 0.331 e. The number of barbiturate groups is 1. The van der Waals surface area contributed by atoms with E-state index in [4.69, 9.17) is 0 Å². The van der Waals surface area contributed by atoms with Crippen LogP contribution in [-0.4, -0.2) is 46.8 Å². The van der Waals surface area contributed by atoms with E-state index in [1.165, 1.54) is 17.0 Å². The van der Waals surface area contributed by atoms with Crippen molar-refractivity contribution < 1.29 is 24.0 Å². The average molecular weight is 502 g/mol. The minimum absolute atomic E-state index is 0.199. The zero-order chi connectivity index (χ0) is 26.1. The van der Waals surface area contributed by atoms with Crippen molar-refractivity contribution in [2.45, 2.75) is 38.6 Å². The van der Waals surface area contributed by atoms with Gasteiger partial charge < -0.3 is 5.32 Å². The normalized spacial score (nSPS) is 24.9. The largest absolute Gasteiger partial charge is 0.331 e. The number of amides is 6. The van der Waals surface area contributed by atoms with E-state index in [-0.39, 0.29) is 23.4 Å². The predicted octanol–water partition coefficient (Wildman–Crippen LogP) is 2.85. The van der Waals surface area contributed by atoms with Crippen molar-refractivity contribution in [3.8, 4) is 0 Å². The molecule has 4 atom stereocenters. The summed E-state index contributed by atoms with van der Waals surface area (Å²) in [6, 6.07) is 12.5. The van der Waals surface area contributed by atoms with Crippen molar-refractivity contribution in [1.29, 1.82) is 0 Å². The highest BCUT2D eigenvalue weighted by molar-refractivity contribution is 6.23. The summed E-state index contributed by atoms with van der Waals surface area (Å²) in [5.41, 5.74) is 4.59. The number of fused-ring (bicyclic) bond motifs is 2. The molecule has 190 valence electrons. The molecule has 6 amide bonds. The third-order valence-corrected chi connectivity index (χ3v) is 7.34. The lowest BCUT2D eigenvalue weighted by atomic mass is 9.92. The monoisotopic (exact) mass is 501 g/mol. The Hall–Kier alpha value is -4.34. The van der Waals surface area contributed by atoms with Crippen LogP contribution in [0.4, 0.5) is 10.5 Å². The number of anilines is 1. The van der Waals surface area contributed by atoms with Crippen LogP contribution in [0.1, 0.15) is 52.0 Å². The smallest absolute Gasteiger partial charge is 0.322 e. The molecule has 3 aliphatic rings. The number of nitrogens with zero attached hydrogens (tertiary/aromatic N) is 2. The molecule has 0 unspecified atom stereocenters. The molecule has 2 saturated carbocycles. The average Bonchev–Trinajstić information content (AvgIpc) is 3.50. The fourth-order valence-corrected chi connectivity index (χ4v) is 5.51. The first-order valence-electron chi connectivity index (χ1n) is 12.3. The molecule has 0 radical (unpaired) electrons. The second kappa shape index (κ2) is 9.96. The van der Waals surface area contributed by atoms with Crippen molar-refractivity contribution in [3.63, 3.8) is 0 Å². The molecule has 1 aliphatic heterocycles. The fraction of sp³-hybridized carbons (Fsp3) is 0.333.